The van der Waals surface area contributed by atoms with Gasteiger partial charge in [0.2, 0.25) is 11.4 Å². The van der Waals surface area contributed by atoms with Crippen molar-refractivity contribution in [3.63, 3.8) is 0 Å². The van der Waals surface area contributed by atoms with E-state index in [2.05, 4.69) is 11.1 Å². The largest absolute Gasteiger partial charge is 0.472 e. The first-order valence-corrected chi connectivity index (χ1v) is 4.98. The highest BCUT2D eigenvalue weighted by atomic mass is 16.5. The lowest BCUT2D eigenvalue weighted by Gasteiger charge is -2.25. The Hall–Kier alpha value is -2.15. The maximum Gasteiger partial charge on any atom is 0.231 e. The molecule has 3 aliphatic heterocycles. The van der Waals surface area contributed by atoms with E-state index in [0.29, 0.717) is 17.0 Å². The van der Waals surface area contributed by atoms with Crippen LogP contribution in [-0.4, -0.2) is 23.1 Å². The van der Waals surface area contributed by atoms with E-state index in [1.54, 1.807) is 19.1 Å². The number of dihydropyridines is 1. The van der Waals surface area contributed by atoms with Gasteiger partial charge in [0.1, 0.15) is 23.1 Å². The molecule has 3 heterocycles. The molecule has 16 heavy (non-hydrogen) atoms. The quantitative estimate of drug-likeness (QED) is 0.564. The van der Waals surface area contributed by atoms with Crippen molar-refractivity contribution in [1.82, 2.24) is 0 Å². The molecule has 0 aromatic carbocycles. The highest BCUT2D eigenvalue weighted by Gasteiger charge is 2.52. The summed E-state index contributed by atoms with van der Waals surface area (Å²) in [5.74, 6) is 0.294. The molecule has 1 aliphatic carbocycles. The van der Waals surface area contributed by atoms with Gasteiger partial charge in [-0.3, -0.25) is 9.79 Å². The lowest BCUT2D eigenvalue weighted by molar-refractivity contribution is -0.123. The second kappa shape index (κ2) is 2.70. The van der Waals surface area contributed by atoms with E-state index < -0.39 is 5.60 Å². The highest BCUT2D eigenvalue weighted by Crippen LogP contribution is 2.38. The second-order valence-corrected chi connectivity index (χ2v) is 3.93. The number of aliphatic imine (C=N–C) groups is 1. The summed E-state index contributed by atoms with van der Waals surface area (Å²) in [6.45, 7) is 1.68. The van der Waals surface area contributed by atoms with E-state index in [1.807, 2.05) is 6.08 Å². The first kappa shape index (κ1) is 9.10. The van der Waals surface area contributed by atoms with Crippen molar-refractivity contribution < 1.29 is 9.53 Å². The van der Waals surface area contributed by atoms with Crippen LogP contribution in [0.3, 0.4) is 0 Å². The summed E-state index contributed by atoms with van der Waals surface area (Å²) in [7, 11) is 0. The molecule has 78 valence electrons. The summed E-state index contributed by atoms with van der Waals surface area (Å²) in [5.41, 5.74) is -0.333. The number of carbonyl (C=O) groups is 1. The topological polar surface area (TPSA) is 62.5 Å². The predicted octanol–water partition coefficient (Wildman–Crippen LogP) is 1.07. The fourth-order valence-corrected chi connectivity index (χ4v) is 2.19. The normalized spacial score (nSPS) is 34.4. The molecule has 4 aliphatic rings. The molecule has 4 rings (SSSR count). The molecule has 0 saturated carbocycles. The van der Waals surface area contributed by atoms with Crippen LogP contribution in [0.1, 0.15) is 6.92 Å². The summed E-state index contributed by atoms with van der Waals surface area (Å²) >= 11 is 0. The molecule has 0 aromatic rings. The van der Waals surface area contributed by atoms with E-state index in [9.17, 15) is 4.79 Å². The number of nitriles is 1. The fourth-order valence-electron chi connectivity index (χ4n) is 2.19. The van der Waals surface area contributed by atoms with Gasteiger partial charge in [-0.2, -0.15) is 5.26 Å². The third-order valence-electron chi connectivity index (χ3n) is 2.98. The van der Waals surface area contributed by atoms with Crippen LogP contribution in [0, 0.1) is 11.3 Å². The van der Waals surface area contributed by atoms with Gasteiger partial charge in [-0.1, -0.05) is 12.2 Å². The zero-order valence-electron chi connectivity index (χ0n) is 8.60. The molecular formula is C12H8N2O2. The fraction of sp³-hybridized carbons (Fsp3) is 0.250. The molecule has 4 heteroatoms. The molecule has 0 amide bonds. The molecule has 4 nitrogen and oxygen atoms in total. The highest BCUT2D eigenvalue weighted by molar-refractivity contribution is 6.28. The van der Waals surface area contributed by atoms with Gasteiger partial charge in [-0.05, 0) is 19.1 Å². The second-order valence-electron chi connectivity index (χ2n) is 3.93. The molecule has 2 unspecified atom stereocenters. The van der Waals surface area contributed by atoms with Crippen molar-refractivity contribution >= 4 is 11.5 Å². The van der Waals surface area contributed by atoms with Crippen molar-refractivity contribution in [2.75, 3.05) is 0 Å². The number of rotatable bonds is 0. The number of carbonyl (C=O) groups excluding carboxylic acids is 1. The molecule has 0 N–H and O–H groups in total. The van der Waals surface area contributed by atoms with Crippen LogP contribution in [-0.2, 0) is 9.53 Å². The molecule has 1 spiro atoms. The summed E-state index contributed by atoms with van der Waals surface area (Å²) in [4.78, 5) is 16.4. The van der Waals surface area contributed by atoms with Crippen molar-refractivity contribution in [1.29, 1.82) is 5.26 Å². The first-order chi connectivity index (χ1) is 7.67. The number of hydrogen-bond donors (Lipinski definition) is 0. The van der Waals surface area contributed by atoms with Gasteiger partial charge >= 0.3 is 0 Å². The van der Waals surface area contributed by atoms with Gasteiger partial charge in [0.25, 0.3) is 0 Å². The SMILES string of the molecule is CC1=C(C#N)C2=NC3C=CC(=O)C2(C=C3)O1. The zero-order chi connectivity index (χ0) is 11.3. The Bertz CT molecular complexity index is 560. The molecule has 2 atom stereocenters. The van der Waals surface area contributed by atoms with Gasteiger partial charge in [-0.15, -0.1) is 0 Å². The Morgan fingerprint density at radius 2 is 2.38 bits per heavy atom. The summed E-state index contributed by atoms with van der Waals surface area (Å²) in [5, 5.41) is 9.05. The van der Waals surface area contributed by atoms with Crippen LogP contribution in [0.15, 0.2) is 40.6 Å². The standard InChI is InChI=1S/C12H8N2O2/c1-7-9(6-13)11-12(16-7)5-4-8(14-11)2-3-10(12)15/h2-5,8H,1H3. The van der Waals surface area contributed by atoms with E-state index in [1.165, 1.54) is 6.08 Å². The van der Waals surface area contributed by atoms with Gasteiger partial charge in [0.05, 0.1) is 6.04 Å². The monoisotopic (exact) mass is 212 g/mol. The van der Waals surface area contributed by atoms with Crippen molar-refractivity contribution in [2.45, 2.75) is 18.6 Å². The Morgan fingerprint density at radius 3 is 3.12 bits per heavy atom. The predicted molar refractivity (Wildman–Crippen MR) is 56.6 cm³/mol. The van der Waals surface area contributed by atoms with E-state index in [-0.39, 0.29) is 11.8 Å². The van der Waals surface area contributed by atoms with Crippen molar-refractivity contribution in [3.8, 4) is 6.07 Å². The van der Waals surface area contributed by atoms with E-state index in [0.717, 1.165) is 0 Å². The van der Waals surface area contributed by atoms with Crippen LogP contribution < -0.4 is 0 Å². The molecule has 2 bridgehead atoms. The summed E-state index contributed by atoms with van der Waals surface area (Å²) < 4.78 is 5.57. The first-order valence-electron chi connectivity index (χ1n) is 4.98. The Morgan fingerprint density at radius 1 is 1.56 bits per heavy atom. The van der Waals surface area contributed by atoms with Gasteiger partial charge < -0.3 is 4.74 Å². The third-order valence-corrected chi connectivity index (χ3v) is 2.98. The lowest BCUT2D eigenvalue weighted by Crippen LogP contribution is -2.44. The third kappa shape index (κ3) is 0.878. The van der Waals surface area contributed by atoms with Crippen molar-refractivity contribution in [2.24, 2.45) is 4.99 Å². The van der Waals surface area contributed by atoms with Gasteiger partial charge in [0, 0.05) is 0 Å². The van der Waals surface area contributed by atoms with Gasteiger partial charge in [0.15, 0.2) is 0 Å². The Kier molecular flexibility index (Phi) is 1.54. The number of hydrogen-bond acceptors (Lipinski definition) is 4. The molecule has 0 saturated heterocycles. The number of allylic oxidation sites excluding steroid dienone is 1. The smallest absolute Gasteiger partial charge is 0.231 e. The number of ketones is 1. The minimum absolute atomic E-state index is 0.160. The zero-order valence-corrected chi connectivity index (χ0v) is 8.60. The lowest BCUT2D eigenvalue weighted by atomic mass is 9.88. The average molecular weight is 212 g/mol. The Balaban J connectivity index is 2.26. The molecular weight excluding hydrogens is 204 g/mol. The minimum Gasteiger partial charge on any atom is -0.472 e. The molecule has 0 aromatic heterocycles. The summed E-state index contributed by atoms with van der Waals surface area (Å²) in [6, 6.07) is 1.89. The van der Waals surface area contributed by atoms with Crippen LogP contribution in [0.4, 0.5) is 0 Å². The summed E-state index contributed by atoms with van der Waals surface area (Å²) in [6.07, 6.45) is 6.72. The number of fused-ring (bicyclic) bond motifs is 1. The molecule has 0 fully saturated rings. The van der Waals surface area contributed by atoms with E-state index >= 15 is 0 Å². The van der Waals surface area contributed by atoms with Crippen molar-refractivity contribution in [3.05, 3.63) is 35.6 Å². The molecule has 0 radical (unpaired) electrons. The van der Waals surface area contributed by atoms with E-state index in [4.69, 9.17) is 10.00 Å². The number of ether oxygens (including phenoxy) is 1. The maximum atomic E-state index is 12.0. The minimum atomic E-state index is -1.17. The average Bonchev–Trinajstić information content (AvgIpc) is 2.40. The maximum absolute atomic E-state index is 12.0. The Labute approximate surface area is 92.2 Å². The van der Waals surface area contributed by atoms with Gasteiger partial charge in [-0.25, -0.2) is 0 Å². The number of nitrogens with zero attached hydrogens (tertiary/aromatic N) is 2. The van der Waals surface area contributed by atoms with Crippen LogP contribution in [0.5, 0.6) is 0 Å². The van der Waals surface area contributed by atoms with Crippen LogP contribution in [0.2, 0.25) is 0 Å². The van der Waals surface area contributed by atoms with Crippen LogP contribution >= 0.6 is 0 Å². The van der Waals surface area contributed by atoms with Crippen LogP contribution in [0.25, 0.3) is 0 Å².